The molecular weight excluding hydrogens is 1080 g/mol. The summed E-state index contributed by atoms with van der Waals surface area (Å²) in [4.78, 5) is 14.2. The first kappa shape index (κ1) is 47.9. The maximum Gasteiger partial charge on any atom is 0.256 e. The Bertz CT molecular complexity index is 5070. The van der Waals surface area contributed by atoms with Crippen LogP contribution in [0.2, 0.25) is 0 Å². The first-order valence-electron chi connectivity index (χ1n) is 30.7. The third kappa shape index (κ3) is 5.67. The van der Waals surface area contributed by atoms with Gasteiger partial charge in [0.15, 0.2) is 0 Å². The van der Waals surface area contributed by atoms with Gasteiger partial charge in [0, 0.05) is 62.3 Å². The second-order valence-corrected chi connectivity index (χ2v) is 25.5. The molecule has 0 saturated heterocycles. The summed E-state index contributed by atoms with van der Waals surface area (Å²) in [6.45, 7) is 13.2. The summed E-state index contributed by atoms with van der Waals surface area (Å²) < 4.78 is 15.2. The Morgan fingerprint density at radius 1 is 0.382 bits per heavy atom. The number of nitriles is 1. The predicted octanol–water partition coefficient (Wildman–Crippen LogP) is 10.5. The highest BCUT2D eigenvalue weighted by Gasteiger charge is 2.56. The van der Waals surface area contributed by atoms with E-state index in [1.807, 2.05) is 0 Å². The zero-order chi connectivity index (χ0) is 58.4. The molecule has 406 valence electrons. The molecule has 8 heterocycles. The highest BCUT2D eigenvalue weighted by atomic mass is 16.5. The maximum absolute atomic E-state index is 12.0. The fourth-order valence-corrected chi connectivity index (χ4v) is 17.8. The van der Waals surface area contributed by atoms with Crippen molar-refractivity contribution in [2.24, 2.45) is 0 Å². The van der Waals surface area contributed by atoms with Gasteiger partial charge in [-0.1, -0.05) is 172 Å². The van der Waals surface area contributed by atoms with Crippen molar-refractivity contribution >= 4 is 166 Å². The van der Waals surface area contributed by atoms with Crippen molar-refractivity contribution in [1.29, 1.82) is 5.26 Å². The fraction of sp³-hybridized carbons (Fsp3) is 0.0390. The Balaban J connectivity index is 0.810. The van der Waals surface area contributed by atoms with Crippen LogP contribution in [0.1, 0.15) is 30.5 Å². The number of hydrogen-bond donors (Lipinski definition) is 0. The van der Waals surface area contributed by atoms with Gasteiger partial charge >= 0.3 is 0 Å². The van der Waals surface area contributed by atoms with Gasteiger partial charge < -0.3 is 29.1 Å². The van der Waals surface area contributed by atoms with Gasteiger partial charge in [-0.3, -0.25) is 0 Å². The predicted molar refractivity (Wildman–Crippen MR) is 365 cm³/mol. The van der Waals surface area contributed by atoms with Crippen LogP contribution in [0.5, 0.6) is 23.0 Å². The van der Waals surface area contributed by atoms with Crippen molar-refractivity contribution in [3.63, 3.8) is 0 Å². The molecule has 0 N–H and O–H groups in total. The summed E-state index contributed by atoms with van der Waals surface area (Å²) in [6.07, 6.45) is 0. The zero-order valence-corrected chi connectivity index (χ0v) is 48.2. The lowest BCUT2D eigenvalue weighted by Crippen LogP contribution is -2.68. The van der Waals surface area contributed by atoms with Crippen LogP contribution in [0.4, 0.5) is 73.9 Å². The summed E-state index contributed by atoms with van der Waals surface area (Å²) in [5, 5.41) is 12.0. The van der Waals surface area contributed by atoms with Gasteiger partial charge in [0.05, 0.1) is 17.9 Å². The lowest BCUT2D eigenvalue weighted by Gasteiger charge is -2.49. The molecule has 0 saturated carbocycles. The number of anilines is 12. The van der Waals surface area contributed by atoms with Crippen LogP contribution in [0.3, 0.4) is 0 Å². The molecule has 21 rings (SSSR count). The molecule has 0 amide bonds. The van der Waals surface area contributed by atoms with Gasteiger partial charge in [0.25, 0.3) is 25.8 Å². The molecule has 0 atom stereocenters. The quantitative estimate of drug-likeness (QED) is 0.126. The van der Waals surface area contributed by atoms with E-state index in [0.717, 1.165) is 140 Å². The summed E-state index contributed by atoms with van der Waals surface area (Å²) >= 11 is 0. The average molecular weight is 1130 g/mol. The fourth-order valence-electron chi connectivity index (χ4n) is 17.8. The molecule has 89 heavy (non-hydrogen) atoms. The van der Waals surface area contributed by atoms with Crippen LogP contribution < -0.4 is 94.6 Å². The Labute approximate surface area is 515 Å². The van der Waals surface area contributed by atoms with E-state index >= 15 is 0 Å². The standard InChI is InChI=1S/C77H44B4N6O2/c1-77(2)48-40-64-56(80-54-30-14-20-36-62(54)86-60-34-18-12-28-52(60)78-50-26-10-16-32-58(50)84(43-22-6-4-7-23-43)71-47(42-82)75(88-64)68(80)72(86)66(71)78)38-45(48)46-39-57-65(41-49(46)77)89-76-69-73-67-74(70(76)83-3)85(44-24-8-5-9-25-44)59-33-17-11-27-51(59)79(67)53-29-13-19-35-61(53)87(73)63-37-21-15-31-55(63)81(57)69/h4-41H,1-2H3. The smallest absolute Gasteiger partial charge is 0.256 e. The summed E-state index contributed by atoms with van der Waals surface area (Å²) in [6, 6.07) is 86.3. The second-order valence-electron chi connectivity index (χ2n) is 25.5. The van der Waals surface area contributed by atoms with Crippen molar-refractivity contribution in [2.75, 3.05) is 19.6 Å². The van der Waals surface area contributed by atoms with Gasteiger partial charge in [0.1, 0.15) is 34.6 Å². The minimum absolute atomic E-state index is 0.145. The molecule has 1 aliphatic carbocycles. The molecule has 0 spiro atoms. The van der Waals surface area contributed by atoms with Crippen molar-refractivity contribution in [2.45, 2.75) is 19.3 Å². The van der Waals surface area contributed by atoms with E-state index in [1.165, 1.54) is 27.3 Å². The number of fused-ring (bicyclic) bond motifs is 23. The van der Waals surface area contributed by atoms with Gasteiger partial charge in [0.2, 0.25) is 6.71 Å². The van der Waals surface area contributed by atoms with Gasteiger partial charge in [-0.2, -0.15) is 5.26 Å². The van der Waals surface area contributed by atoms with Crippen LogP contribution in [-0.4, -0.2) is 26.9 Å². The Morgan fingerprint density at radius 2 is 0.719 bits per heavy atom. The number of para-hydroxylation sites is 8. The maximum atomic E-state index is 12.0. The minimum Gasteiger partial charge on any atom is -0.469 e. The van der Waals surface area contributed by atoms with Crippen molar-refractivity contribution in [3.05, 3.63) is 259 Å². The number of rotatable bonds is 2. The van der Waals surface area contributed by atoms with Crippen LogP contribution in [0, 0.1) is 17.9 Å². The van der Waals surface area contributed by atoms with E-state index in [2.05, 4.69) is 275 Å². The lowest BCUT2D eigenvalue weighted by molar-refractivity contribution is 0.483. The van der Waals surface area contributed by atoms with E-state index in [4.69, 9.17) is 9.47 Å². The Morgan fingerprint density at radius 3 is 1.12 bits per heavy atom. The highest BCUT2D eigenvalue weighted by molar-refractivity contribution is 7.06. The van der Waals surface area contributed by atoms with E-state index < -0.39 is 5.41 Å². The van der Waals surface area contributed by atoms with E-state index in [0.29, 0.717) is 22.7 Å². The third-order valence-electron chi connectivity index (χ3n) is 21.1. The molecule has 0 fully saturated rings. The van der Waals surface area contributed by atoms with Crippen LogP contribution in [-0.2, 0) is 5.41 Å². The largest absolute Gasteiger partial charge is 0.469 e. The lowest BCUT2D eigenvalue weighted by atomic mass is 9.29. The van der Waals surface area contributed by atoms with Crippen LogP contribution in [0.25, 0.3) is 16.0 Å². The summed E-state index contributed by atoms with van der Waals surface area (Å²) in [7, 11) is 0. The first-order chi connectivity index (χ1) is 43.9. The topological polar surface area (TPSA) is 59.6 Å². The van der Waals surface area contributed by atoms with Gasteiger partial charge in [-0.15, -0.1) is 0 Å². The highest BCUT2D eigenvalue weighted by Crippen LogP contribution is 2.57. The van der Waals surface area contributed by atoms with E-state index in [-0.39, 0.29) is 26.9 Å². The van der Waals surface area contributed by atoms with Gasteiger partial charge in [-0.05, 0) is 161 Å². The molecular formula is C77H44B4N6O2. The molecule has 0 radical (unpaired) electrons. The molecule has 12 aromatic carbocycles. The molecule has 9 aliphatic rings. The van der Waals surface area contributed by atoms with E-state index in [1.54, 1.807) is 0 Å². The van der Waals surface area contributed by atoms with E-state index in [9.17, 15) is 11.8 Å². The molecule has 12 aromatic rings. The third-order valence-corrected chi connectivity index (χ3v) is 21.1. The number of benzene rings is 12. The number of hydrogen-bond acceptors (Lipinski definition) is 7. The Kier molecular flexibility index (Phi) is 8.93. The van der Waals surface area contributed by atoms with Crippen molar-refractivity contribution in [1.82, 2.24) is 0 Å². The second kappa shape index (κ2) is 16.6. The summed E-state index contributed by atoms with van der Waals surface area (Å²) in [5.41, 5.74) is 31.2. The molecule has 0 aromatic heterocycles. The molecule has 12 heteroatoms. The van der Waals surface area contributed by atoms with Crippen LogP contribution >= 0.6 is 0 Å². The van der Waals surface area contributed by atoms with Crippen LogP contribution in [0.15, 0.2) is 231 Å². The molecule has 0 bridgehead atoms. The number of ether oxygens (including phenoxy) is 2. The Hall–Kier alpha value is -11.3. The molecule has 0 unspecified atom stereocenters. The first-order valence-corrected chi connectivity index (χ1v) is 30.7. The monoisotopic (exact) mass is 1130 g/mol. The van der Waals surface area contributed by atoms with Crippen molar-refractivity contribution < 1.29 is 9.47 Å². The SMILES string of the molecule is [C-]#[N+]c1c2c3c4c5c1N(c1ccccc1)c1ccccc1B5c1ccccc1N4c1ccccc1B3c1cc3c(cc1O2)C(C)(C)c1cc2c(cc1-3)B1c3ccccc3N3c4ccccc4B4c5ccccc5N(c5ccccc5)c5c(C#N)c(c1c3c54)O2. The van der Waals surface area contributed by atoms with Crippen molar-refractivity contribution in [3.8, 4) is 40.2 Å². The molecule has 8 aliphatic heterocycles. The number of nitrogens with zero attached hydrogens (tertiary/aromatic N) is 6. The summed E-state index contributed by atoms with van der Waals surface area (Å²) in [5.74, 6) is 2.74. The zero-order valence-electron chi connectivity index (χ0n) is 48.2. The normalized spacial score (nSPS) is 15.1. The average Bonchev–Trinajstić information content (AvgIpc) is 1.13. The van der Waals surface area contributed by atoms with Gasteiger partial charge in [-0.25, -0.2) is 4.85 Å². The molecule has 8 nitrogen and oxygen atoms in total. The minimum atomic E-state index is -0.523.